The Hall–Kier alpha value is -3.94. The zero-order valence-electron chi connectivity index (χ0n) is 24.0. The number of pyridine rings is 1. The molecule has 210 valence electrons. The number of aromatic nitrogens is 1. The van der Waals surface area contributed by atoms with Crippen LogP contribution in [0.2, 0.25) is 0 Å². The van der Waals surface area contributed by atoms with Gasteiger partial charge in [-0.2, -0.15) is 0 Å². The molecule has 2 aliphatic heterocycles. The molecule has 8 nitrogen and oxygen atoms in total. The summed E-state index contributed by atoms with van der Waals surface area (Å²) >= 11 is 0. The molecular formula is C32H36N2O6. The first-order valence-electron chi connectivity index (χ1n) is 13.7. The molecule has 3 aliphatic rings. The Morgan fingerprint density at radius 1 is 1.12 bits per heavy atom. The number of fused-ring (bicyclic) bond motifs is 1. The predicted octanol–water partition coefficient (Wildman–Crippen LogP) is 5.48. The van der Waals surface area contributed by atoms with Crippen molar-refractivity contribution in [2.45, 2.75) is 66.3 Å². The molecular weight excluding hydrogens is 508 g/mol. The monoisotopic (exact) mass is 544 g/mol. The summed E-state index contributed by atoms with van der Waals surface area (Å²) in [6, 6.07) is 6.98. The Balaban J connectivity index is 1.77. The highest BCUT2D eigenvalue weighted by atomic mass is 16.5. The normalized spacial score (nSPS) is 23.6. The smallest absolute Gasteiger partial charge is 0.354 e. The molecule has 0 unspecified atom stereocenters. The third kappa shape index (κ3) is 4.59. The Labute approximate surface area is 234 Å². The largest absolute Gasteiger partial charge is 0.496 e. The molecule has 3 atom stereocenters. The van der Waals surface area contributed by atoms with E-state index in [1.54, 1.807) is 32.2 Å². The number of hydrogen-bond acceptors (Lipinski definition) is 6. The highest BCUT2D eigenvalue weighted by Crippen LogP contribution is 2.54. The molecule has 2 aromatic rings. The lowest BCUT2D eigenvalue weighted by atomic mass is 9.66. The number of hydrogen-bond donors (Lipinski definition) is 2. The van der Waals surface area contributed by atoms with Gasteiger partial charge in [0.05, 0.1) is 18.8 Å². The minimum absolute atomic E-state index is 0.0216. The van der Waals surface area contributed by atoms with Crippen LogP contribution in [-0.2, 0) is 14.3 Å². The maximum Gasteiger partial charge on any atom is 0.354 e. The number of carboxylic acid groups (broad SMARTS) is 1. The molecule has 0 bridgehead atoms. The number of methoxy groups -OCH3 is 1. The van der Waals surface area contributed by atoms with Crippen LogP contribution >= 0.6 is 0 Å². The van der Waals surface area contributed by atoms with Crippen molar-refractivity contribution < 1.29 is 29.0 Å². The first-order chi connectivity index (χ1) is 18.8. The number of Topliss-reactive ketones (excluding diaryl/α,β-unsaturated/α-hetero) is 1. The van der Waals surface area contributed by atoms with Crippen molar-refractivity contribution in [3.05, 3.63) is 69.8 Å². The number of ketones is 1. The van der Waals surface area contributed by atoms with Crippen molar-refractivity contribution in [3.8, 4) is 17.0 Å². The average molecular weight is 545 g/mol. The maximum absolute atomic E-state index is 13.8. The van der Waals surface area contributed by atoms with Gasteiger partial charge in [-0.05, 0) is 60.6 Å². The molecule has 0 fully saturated rings. The quantitative estimate of drug-likeness (QED) is 0.512. The van der Waals surface area contributed by atoms with E-state index < -0.39 is 17.8 Å². The minimum atomic E-state index is -1.10. The van der Waals surface area contributed by atoms with Crippen LogP contribution in [0.4, 0.5) is 0 Å². The Kier molecular flexibility index (Phi) is 6.84. The number of nitrogens with zero attached hydrogens (tertiary/aromatic N) is 1. The topological polar surface area (TPSA) is 115 Å². The molecule has 2 N–H and O–H groups in total. The average Bonchev–Trinajstić information content (AvgIpc) is 2.86. The molecule has 0 saturated carbocycles. The van der Waals surface area contributed by atoms with Crippen molar-refractivity contribution in [2.24, 2.45) is 17.3 Å². The summed E-state index contributed by atoms with van der Waals surface area (Å²) in [6.45, 7) is 11.8. The fourth-order valence-corrected chi connectivity index (χ4v) is 6.25. The number of ether oxygens (including phenoxy) is 2. The van der Waals surface area contributed by atoms with Gasteiger partial charge in [-0.1, -0.05) is 33.8 Å². The lowest BCUT2D eigenvalue weighted by molar-refractivity contribution is -0.128. The minimum Gasteiger partial charge on any atom is -0.496 e. The fraction of sp³-hybridized carbons (Fsp3) is 0.438. The van der Waals surface area contributed by atoms with Gasteiger partial charge in [-0.15, -0.1) is 0 Å². The number of carboxylic acids is 1. The van der Waals surface area contributed by atoms with Gasteiger partial charge in [-0.3, -0.25) is 9.59 Å². The highest BCUT2D eigenvalue weighted by Gasteiger charge is 2.51. The summed E-state index contributed by atoms with van der Waals surface area (Å²) in [4.78, 5) is 43.9. The molecule has 1 aromatic carbocycles. The summed E-state index contributed by atoms with van der Waals surface area (Å²) in [5.74, 6) is -0.843. The molecule has 0 spiro atoms. The van der Waals surface area contributed by atoms with E-state index in [4.69, 9.17) is 9.47 Å². The van der Waals surface area contributed by atoms with Crippen molar-refractivity contribution in [1.29, 1.82) is 0 Å². The van der Waals surface area contributed by atoms with Crippen LogP contribution in [0.3, 0.4) is 0 Å². The van der Waals surface area contributed by atoms with Crippen LogP contribution in [0.1, 0.15) is 73.6 Å². The molecule has 1 amide bonds. The lowest BCUT2D eigenvalue weighted by Gasteiger charge is -2.44. The first-order valence-corrected chi connectivity index (χ1v) is 13.7. The SMILES string of the molecule is COc1ccc(-c2ccc(C)c(C(=O)O)n2)c(C)c1[C@H]1C2=C(CC(C)(C)CC2=O)OC2=C[C@@H](C(C)C)NC(=O)[C@@H]21. The second kappa shape index (κ2) is 9.91. The number of carbonyl (C=O) groups excluding carboxylic acids is 2. The van der Waals surface area contributed by atoms with E-state index in [1.165, 1.54) is 0 Å². The van der Waals surface area contributed by atoms with E-state index in [-0.39, 0.29) is 34.8 Å². The molecule has 1 aromatic heterocycles. The number of carbonyl (C=O) groups is 3. The van der Waals surface area contributed by atoms with E-state index in [1.807, 2.05) is 46.8 Å². The van der Waals surface area contributed by atoms with Crippen LogP contribution in [0.25, 0.3) is 11.3 Å². The Bertz CT molecular complexity index is 1500. The number of rotatable bonds is 5. The fourth-order valence-electron chi connectivity index (χ4n) is 6.25. The number of nitrogens with one attached hydrogen (secondary N) is 1. The third-order valence-electron chi connectivity index (χ3n) is 8.31. The molecule has 1 aliphatic carbocycles. The number of benzene rings is 1. The van der Waals surface area contributed by atoms with Gasteiger partial charge in [0.15, 0.2) is 11.5 Å². The van der Waals surface area contributed by atoms with Crippen LogP contribution in [-0.4, -0.2) is 40.9 Å². The number of aryl methyl sites for hydroxylation is 1. The van der Waals surface area contributed by atoms with Gasteiger partial charge >= 0.3 is 5.97 Å². The molecule has 3 heterocycles. The summed E-state index contributed by atoms with van der Waals surface area (Å²) in [7, 11) is 1.57. The molecule has 8 heteroatoms. The molecule has 0 radical (unpaired) electrons. The zero-order valence-corrected chi connectivity index (χ0v) is 24.0. The molecule has 40 heavy (non-hydrogen) atoms. The van der Waals surface area contributed by atoms with E-state index in [9.17, 15) is 19.5 Å². The van der Waals surface area contributed by atoms with Gasteiger partial charge < -0.3 is 19.9 Å². The van der Waals surface area contributed by atoms with Gasteiger partial charge in [0.25, 0.3) is 0 Å². The lowest BCUT2D eigenvalue weighted by Crippen LogP contribution is -2.50. The second-order valence-corrected chi connectivity index (χ2v) is 12.2. The van der Waals surface area contributed by atoms with E-state index >= 15 is 0 Å². The number of amides is 1. The van der Waals surface area contributed by atoms with Crippen LogP contribution < -0.4 is 10.1 Å². The van der Waals surface area contributed by atoms with Crippen molar-refractivity contribution in [2.75, 3.05) is 7.11 Å². The van der Waals surface area contributed by atoms with Crippen molar-refractivity contribution in [3.63, 3.8) is 0 Å². The first kappa shape index (κ1) is 27.6. The van der Waals surface area contributed by atoms with E-state index in [0.29, 0.717) is 58.1 Å². The maximum atomic E-state index is 13.8. The third-order valence-corrected chi connectivity index (χ3v) is 8.31. The van der Waals surface area contributed by atoms with E-state index in [2.05, 4.69) is 10.3 Å². The van der Waals surface area contributed by atoms with Gasteiger partial charge in [0, 0.05) is 35.5 Å². The summed E-state index contributed by atoms with van der Waals surface area (Å²) in [6.07, 6.45) is 2.90. The van der Waals surface area contributed by atoms with E-state index in [0.717, 1.165) is 5.56 Å². The second-order valence-electron chi connectivity index (χ2n) is 12.2. The molecule has 5 rings (SSSR count). The van der Waals surface area contributed by atoms with Gasteiger partial charge in [0.2, 0.25) is 5.91 Å². The van der Waals surface area contributed by atoms with Crippen LogP contribution in [0, 0.1) is 31.1 Å². The Morgan fingerprint density at radius 3 is 2.50 bits per heavy atom. The summed E-state index contributed by atoms with van der Waals surface area (Å²) in [5.41, 5.74) is 3.45. The number of allylic oxidation sites excluding steroid dienone is 2. The standard InChI is InChI=1S/C32H36N2O6/c1-15(2)20-12-23-27(30(36)34-20)28(26-21(35)13-32(5,6)14-24(26)40-23)25-17(4)18(9-11-22(25)39-7)19-10-8-16(3)29(33-19)31(37)38/h8-12,15,20,27-28H,13-14H2,1-7H3,(H,34,36)(H,37,38)/t20-,27-,28-/m0/s1. The van der Waals surface area contributed by atoms with Crippen molar-refractivity contribution in [1.82, 2.24) is 10.3 Å². The van der Waals surface area contributed by atoms with Gasteiger partial charge in [0.1, 0.15) is 23.2 Å². The molecule has 0 saturated heterocycles. The van der Waals surface area contributed by atoms with Crippen LogP contribution in [0.15, 0.2) is 47.4 Å². The zero-order chi connectivity index (χ0) is 29.1. The van der Waals surface area contributed by atoms with Crippen LogP contribution in [0.5, 0.6) is 5.75 Å². The van der Waals surface area contributed by atoms with Gasteiger partial charge in [-0.25, -0.2) is 9.78 Å². The predicted molar refractivity (Wildman–Crippen MR) is 150 cm³/mol. The summed E-state index contributed by atoms with van der Waals surface area (Å²) < 4.78 is 12.3. The van der Waals surface area contributed by atoms with Crippen molar-refractivity contribution >= 4 is 17.7 Å². The summed E-state index contributed by atoms with van der Waals surface area (Å²) in [5, 5.41) is 12.8. The Morgan fingerprint density at radius 2 is 1.85 bits per heavy atom. The number of aromatic carboxylic acids is 1. The highest BCUT2D eigenvalue weighted by molar-refractivity contribution is 6.01.